The Kier molecular flexibility index (Phi) is 7.73. The number of nitrogens with two attached hydrogens (primary N) is 1. The lowest BCUT2D eigenvalue weighted by molar-refractivity contribution is 0.191. The van der Waals surface area contributed by atoms with Gasteiger partial charge in [-0.15, -0.1) is 0 Å². The van der Waals surface area contributed by atoms with Crippen LogP contribution in [-0.4, -0.2) is 32.8 Å². The fraction of sp³-hybridized carbons (Fsp3) is 0.350. The molecule has 0 radical (unpaired) electrons. The normalized spacial score (nSPS) is 12.4. The lowest BCUT2D eigenvalue weighted by Crippen LogP contribution is -2.39. The van der Waals surface area contributed by atoms with Crippen LogP contribution in [0.1, 0.15) is 18.9 Å². The molecule has 0 saturated heterocycles. The summed E-state index contributed by atoms with van der Waals surface area (Å²) < 4.78 is 29.9. The summed E-state index contributed by atoms with van der Waals surface area (Å²) in [5.74, 6) is 1.44. The first-order chi connectivity index (χ1) is 13.1. The Labute approximate surface area is 159 Å². The Balaban J connectivity index is 1.90. The van der Waals surface area contributed by atoms with Crippen LogP contribution in [-0.2, 0) is 6.54 Å². The van der Waals surface area contributed by atoms with Crippen LogP contribution in [0.5, 0.6) is 17.2 Å². The Hall–Kier alpha value is -2.96. The number of hydrogen-bond donors (Lipinski definition) is 2. The Morgan fingerprint density at radius 2 is 1.85 bits per heavy atom. The molecular formula is C20H26FN3O3. The second-order valence-electron chi connectivity index (χ2n) is 5.85. The summed E-state index contributed by atoms with van der Waals surface area (Å²) in [5, 5.41) is 3.02. The van der Waals surface area contributed by atoms with Gasteiger partial charge in [-0.3, -0.25) is 0 Å². The van der Waals surface area contributed by atoms with E-state index in [1.54, 1.807) is 32.4 Å². The molecule has 7 heteroatoms. The van der Waals surface area contributed by atoms with Crippen molar-refractivity contribution in [1.82, 2.24) is 5.32 Å². The first-order valence-electron chi connectivity index (χ1n) is 8.73. The third-order valence-corrected chi connectivity index (χ3v) is 3.98. The molecule has 0 saturated carbocycles. The van der Waals surface area contributed by atoms with Crippen molar-refractivity contribution in [2.75, 3.05) is 20.8 Å². The minimum atomic E-state index is -0.383. The topological polar surface area (TPSA) is 78.1 Å². The molecule has 2 rings (SSSR count). The van der Waals surface area contributed by atoms with Crippen LogP contribution >= 0.6 is 0 Å². The predicted molar refractivity (Wildman–Crippen MR) is 104 cm³/mol. The largest absolute Gasteiger partial charge is 0.493 e. The molecule has 6 nitrogen and oxygen atoms in total. The van der Waals surface area contributed by atoms with E-state index < -0.39 is 0 Å². The number of halogens is 1. The first-order valence-corrected chi connectivity index (χ1v) is 8.73. The van der Waals surface area contributed by atoms with Crippen molar-refractivity contribution in [3.8, 4) is 17.2 Å². The number of hydrogen-bond acceptors (Lipinski definition) is 4. The van der Waals surface area contributed by atoms with Crippen LogP contribution in [0.3, 0.4) is 0 Å². The molecular weight excluding hydrogens is 349 g/mol. The molecule has 0 aliphatic carbocycles. The van der Waals surface area contributed by atoms with Crippen molar-refractivity contribution >= 4 is 5.96 Å². The first kappa shape index (κ1) is 20.4. The number of nitrogens with zero attached hydrogens (tertiary/aromatic N) is 1. The van der Waals surface area contributed by atoms with Gasteiger partial charge < -0.3 is 25.3 Å². The minimum absolute atomic E-state index is 0.225. The second-order valence-corrected chi connectivity index (χ2v) is 5.85. The number of guanidine groups is 1. The highest BCUT2D eigenvalue weighted by Gasteiger charge is 2.11. The van der Waals surface area contributed by atoms with Crippen molar-refractivity contribution in [3.63, 3.8) is 0 Å². The number of methoxy groups -OCH3 is 2. The van der Waals surface area contributed by atoms with Crippen molar-refractivity contribution < 1.29 is 18.6 Å². The van der Waals surface area contributed by atoms with E-state index in [0.717, 1.165) is 5.56 Å². The number of aliphatic imine (C=N–C) groups is 1. The number of ether oxygens (including phenoxy) is 3. The maximum absolute atomic E-state index is 13.7. The third kappa shape index (κ3) is 6.06. The van der Waals surface area contributed by atoms with E-state index in [2.05, 4.69) is 10.3 Å². The molecule has 0 aliphatic heterocycles. The van der Waals surface area contributed by atoms with E-state index in [0.29, 0.717) is 37.0 Å². The minimum Gasteiger partial charge on any atom is -0.493 e. The maximum Gasteiger partial charge on any atom is 0.189 e. The van der Waals surface area contributed by atoms with Gasteiger partial charge in [0.1, 0.15) is 6.10 Å². The lowest BCUT2D eigenvalue weighted by atomic mass is 10.2. The molecule has 2 aromatic rings. The zero-order valence-electron chi connectivity index (χ0n) is 15.9. The van der Waals surface area contributed by atoms with E-state index in [1.807, 2.05) is 25.1 Å². The summed E-state index contributed by atoms with van der Waals surface area (Å²) in [6, 6.07) is 11.9. The van der Waals surface area contributed by atoms with Gasteiger partial charge in [0, 0.05) is 0 Å². The van der Waals surface area contributed by atoms with Crippen LogP contribution in [0.2, 0.25) is 0 Å². The highest BCUT2D eigenvalue weighted by molar-refractivity contribution is 5.77. The van der Waals surface area contributed by atoms with Gasteiger partial charge in [0.2, 0.25) is 0 Å². The van der Waals surface area contributed by atoms with Crippen molar-refractivity contribution in [1.29, 1.82) is 0 Å². The van der Waals surface area contributed by atoms with Gasteiger partial charge in [0.25, 0.3) is 0 Å². The molecule has 1 unspecified atom stereocenters. The standard InChI is InChI=1S/C20H26FN3O3/c1-4-15(27-17-8-6-5-7-16(17)21)13-24-20(22)23-12-14-9-10-18(25-2)19(11-14)26-3/h5-11,15H,4,12-13H2,1-3H3,(H3,22,23,24). The van der Waals surface area contributed by atoms with Crippen LogP contribution in [0.15, 0.2) is 47.5 Å². The number of para-hydroxylation sites is 1. The van der Waals surface area contributed by atoms with Crippen LogP contribution < -0.4 is 25.3 Å². The molecule has 0 bridgehead atoms. The Morgan fingerprint density at radius 3 is 2.52 bits per heavy atom. The van der Waals surface area contributed by atoms with E-state index >= 15 is 0 Å². The summed E-state index contributed by atoms with van der Waals surface area (Å²) in [5.41, 5.74) is 6.86. The molecule has 27 heavy (non-hydrogen) atoms. The van der Waals surface area contributed by atoms with Gasteiger partial charge in [-0.1, -0.05) is 25.1 Å². The van der Waals surface area contributed by atoms with Gasteiger partial charge in [0.15, 0.2) is 29.0 Å². The fourth-order valence-corrected chi connectivity index (χ4v) is 2.42. The summed E-state index contributed by atoms with van der Waals surface area (Å²) in [4.78, 5) is 4.31. The Morgan fingerprint density at radius 1 is 1.11 bits per heavy atom. The zero-order chi connectivity index (χ0) is 19.6. The van der Waals surface area contributed by atoms with Gasteiger partial charge >= 0.3 is 0 Å². The van der Waals surface area contributed by atoms with E-state index in [1.165, 1.54) is 6.07 Å². The smallest absolute Gasteiger partial charge is 0.189 e. The van der Waals surface area contributed by atoms with Gasteiger partial charge in [-0.05, 0) is 36.2 Å². The van der Waals surface area contributed by atoms with E-state index in [4.69, 9.17) is 19.9 Å². The SMILES string of the molecule is CCC(CNC(N)=NCc1ccc(OC)c(OC)c1)Oc1ccccc1F. The van der Waals surface area contributed by atoms with Gasteiger partial charge in [-0.25, -0.2) is 9.38 Å². The van der Waals surface area contributed by atoms with Crippen LogP contribution in [0.4, 0.5) is 4.39 Å². The fourth-order valence-electron chi connectivity index (χ4n) is 2.42. The highest BCUT2D eigenvalue weighted by Crippen LogP contribution is 2.27. The summed E-state index contributed by atoms with van der Waals surface area (Å²) in [6.45, 7) is 2.78. The van der Waals surface area contributed by atoms with E-state index in [-0.39, 0.29) is 17.7 Å². The molecule has 2 aromatic carbocycles. The molecule has 1 atom stereocenters. The molecule has 0 fully saturated rings. The molecule has 146 valence electrons. The Bertz CT molecular complexity index is 768. The molecule has 0 aliphatic rings. The van der Waals surface area contributed by atoms with Gasteiger partial charge in [0.05, 0.1) is 27.3 Å². The monoisotopic (exact) mass is 375 g/mol. The molecule has 0 spiro atoms. The average molecular weight is 375 g/mol. The molecule has 0 amide bonds. The summed E-state index contributed by atoms with van der Waals surface area (Å²) in [6.07, 6.45) is 0.473. The summed E-state index contributed by atoms with van der Waals surface area (Å²) in [7, 11) is 3.17. The van der Waals surface area contributed by atoms with Crippen molar-refractivity contribution in [3.05, 3.63) is 53.8 Å². The summed E-state index contributed by atoms with van der Waals surface area (Å²) >= 11 is 0. The highest BCUT2D eigenvalue weighted by atomic mass is 19.1. The second kappa shape index (κ2) is 10.3. The molecule has 0 aromatic heterocycles. The van der Waals surface area contributed by atoms with Crippen molar-refractivity contribution in [2.45, 2.75) is 26.0 Å². The van der Waals surface area contributed by atoms with Crippen LogP contribution in [0, 0.1) is 5.82 Å². The van der Waals surface area contributed by atoms with E-state index in [9.17, 15) is 4.39 Å². The van der Waals surface area contributed by atoms with Crippen LogP contribution in [0.25, 0.3) is 0 Å². The maximum atomic E-state index is 13.7. The quantitative estimate of drug-likeness (QED) is 0.520. The molecule has 0 heterocycles. The number of benzene rings is 2. The number of nitrogens with one attached hydrogen (secondary N) is 1. The average Bonchev–Trinajstić information content (AvgIpc) is 2.70. The zero-order valence-corrected chi connectivity index (χ0v) is 15.9. The lowest BCUT2D eigenvalue weighted by Gasteiger charge is -2.18. The van der Waals surface area contributed by atoms with Gasteiger partial charge in [-0.2, -0.15) is 0 Å². The molecule has 3 N–H and O–H groups in total. The number of rotatable bonds is 9. The predicted octanol–water partition coefficient (Wildman–Crippen LogP) is 3.10. The third-order valence-electron chi connectivity index (χ3n) is 3.98. The van der Waals surface area contributed by atoms with Crippen molar-refractivity contribution in [2.24, 2.45) is 10.7 Å².